The largest absolute Gasteiger partial charge is 0.352 e. The maximum absolute atomic E-state index is 5.12. The second-order valence-corrected chi connectivity index (χ2v) is 10.9. The lowest BCUT2D eigenvalue weighted by atomic mass is 10.1. The molecule has 1 aliphatic rings. The van der Waals surface area contributed by atoms with E-state index >= 15 is 0 Å². The molecule has 1 N–H and O–H groups in total. The Morgan fingerprint density at radius 3 is 2.13 bits per heavy atom. The summed E-state index contributed by atoms with van der Waals surface area (Å²) >= 11 is 0. The first-order valence-corrected chi connectivity index (χ1v) is 15.2. The summed E-state index contributed by atoms with van der Waals surface area (Å²) in [4.78, 5) is 7.67. The zero-order valence-corrected chi connectivity index (χ0v) is 23.5. The Hall–Kier alpha value is -3.14. The third kappa shape index (κ3) is 5.95. The number of nitrogens with zero attached hydrogens (tertiary/aromatic N) is 3. The number of anilines is 4. The van der Waals surface area contributed by atoms with Crippen molar-refractivity contribution in [3.8, 4) is 0 Å². The van der Waals surface area contributed by atoms with Crippen LogP contribution in [0.2, 0.25) is 0 Å². The number of fused-ring (bicyclic) bond motifs is 4. The zero-order valence-electron chi connectivity index (χ0n) is 23.5. The van der Waals surface area contributed by atoms with E-state index in [0.717, 1.165) is 29.8 Å². The molecular weight excluding hydrogens is 464 g/mol. The summed E-state index contributed by atoms with van der Waals surface area (Å²) in [5.74, 6) is 0. The van der Waals surface area contributed by atoms with Crippen LogP contribution >= 0.6 is 0 Å². The molecule has 0 unspecified atom stereocenters. The standard InChI is InChI=1S/C34H45N4/c1-3-5-7-9-11-17-23-37-31-21-15-13-19-27(31)35-29-25-30-34(26-33(29)37)38(24-18-12-10-8-6-4-2)32-22-16-14-20-28(32)36-30/h13-16,19-22,25-26,35H,3-12,17-18,23-24H2,1-2H3/q+1. The normalized spacial score (nSPS) is 12.5. The second-order valence-electron chi connectivity index (χ2n) is 10.9. The van der Waals surface area contributed by atoms with Crippen LogP contribution in [0.5, 0.6) is 0 Å². The predicted molar refractivity (Wildman–Crippen MR) is 163 cm³/mol. The van der Waals surface area contributed by atoms with Crippen LogP contribution in [0.25, 0.3) is 22.1 Å². The van der Waals surface area contributed by atoms with Gasteiger partial charge in [-0.05, 0) is 37.1 Å². The Morgan fingerprint density at radius 1 is 0.632 bits per heavy atom. The van der Waals surface area contributed by atoms with E-state index in [9.17, 15) is 0 Å². The molecule has 38 heavy (non-hydrogen) atoms. The van der Waals surface area contributed by atoms with Gasteiger partial charge in [0.25, 0.3) is 0 Å². The number of para-hydroxylation sites is 4. The molecule has 1 aliphatic heterocycles. The first-order valence-electron chi connectivity index (χ1n) is 15.2. The number of hydrogen-bond acceptors (Lipinski definition) is 3. The minimum Gasteiger partial charge on any atom is -0.352 e. The third-order valence-corrected chi connectivity index (χ3v) is 8.02. The van der Waals surface area contributed by atoms with Crippen LogP contribution in [0.4, 0.5) is 22.7 Å². The Labute approximate surface area is 229 Å². The van der Waals surface area contributed by atoms with Crippen molar-refractivity contribution in [1.29, 1.82) is 0 Å². The summed E-state index contributed by atoms with van der Waals surface area (Å²) in [6.07, 6.45) is 15.7. The summed E-state index contributed by atoms with van der Waals surface area (Å²) in [6, 6.07) is 22.1. The van der Waals surface area contributed by atoms with Crippen LogP contribution in [0.1, 0.15) is 90.9 Å². The van der Waals surface area contributed by atoms with Crippen LogP contribution in [0.3, 0.4) is 0 Å². The van der Waals surface area contributed by atoms with E-state index in [1.807, 2.05) is 0 Å². The fraction of sp³-hybridized carbons (Fsp3) is 0.471. The van der Waals surface area contributed by atoms with E-state index < -0.39 is 0 Å². The highest BCUT2D eigenvalue weighted by atomic mass is 15.2. The Balaban J connectivity index is 1.48. The molecule has 0 fully saturated rings. The average Bonchev–Trinajstić information content (AvgIpc) is 2.94. The number of aryl methyl sites for hydroxylation is 1. The number of aromatic nitrogens is 2. The molecule has 0 aliphatic carbocycles. The molecule has 3 aromatic carbocycles. The maximum atomic E-state index is 5.12. The fourth-order valence-electron chi connectivity index (χ4n) is 5.91. The van der Waals surface area contributed by atoms with E-state index in [4.69, 9.17) is 4.98 Å². The molecular formula is C34H45N4+. The quantitative estimate of drug-likeness (QED) is 0.104. The van der Waals surface area contributed by atoms with Crippen molar-refractivity contribution in [3.05, 3.63) is 60.7 Å². The SMILES string of the molecule is CCCCCCCCN1c2ccccc2Nc2cc3nc4ccccc4[n+](CCCCCCCC)c3cc21. The first kappa shape index (κ1) is 26.5. The second kappa shape index (κ2) is 13.1. The van der Waals surface area contributed by atoms with Crippen molar-refractivity contribution >= 4 is 44.8 Å². The average molecular weight is 510 g/mol. The number of hydrogen-bond donors (Lipinski definition) is 1. The van der Waals surface area contributed by atoms with Gasteiger partial charge in [0.05, 0.1) is 22.7 Å². The molecule has 0 atom stereocenters. The highest BCUT2D eigenvalue weighted by Gasteiger charge is 2.26. The molecule has 4 aromatic rings. The summed E-state index contributed by atoms with van der Waals surface area (Å²) < 4.78 is 2.53. The van der Waals surface area contributed by atoms with Crippen LogP contribution in [0.15, 0.2) is 60.7 Å². The summed E-state index contributed by atoms with van der Waals surface area (Å²) in [6.45, 7) is 6.65. The van der Waals surface area contributed by atoms with Gasteiger partial charge in [-0.3, -0.25) is 0 Å². The minimum absolute atomic E-state index is 1.03. The number of rotatable bonds is 14. The van der Waals surface area contributed by atoms with Crippen molar-refractivity contribution in [2.75, 3.05) is 16.8 Å². The van der Waals surface area contributed by atoms with Gasteiger partial charge >= 0.3 is 0 Å². The van der Waals surface area contributed by atoms with Gasteiger partial charge in [0.2, 0.25) is 11.0 Å². The van der Waals surface area contributed by atoms with Gasteiger partial charge < -0.3 is 10.2 Å². The molecule has 4 nitrogen and oxygen atoms in total. The van der Waals surface area contributed by atoms with Crippen molar-refractivity contribution in [2.24, 2.45) is 0 Å². The van der Waals surface area contributed by atoms with Crippen molar-refractivity contribution in [1.82, 2.24) is 4.98 Å². The molecule has 0 bridgehead atoms. The van der Waals surface area contributed by atoms with E-state index in [1.165, 1.54) is 105 Å². The molecule has 5 rings (SSSR count). The fourth-order valence-corrected chi connectivity index (χ4v) is 5.91. The Morgan fingerprint density at radius 2 is 1.32 bits per heavy atom. The molecule has 1 aromatic heterocycles. The van der Waals surface area contributed by atoms with E-state index in [2.05, 4.69) is 89.3 Å². The Bertz CT molecular complexity index is 1350. The van der Waals surface area contributed by atoms with E-state index in [0.29, 0.717) is 0 Å². The molecule has 200 valence electrons. The predicted octanol–water partition coefficient (Wildman–Crippen LogP) is 9.59. The maximum Gasteiger partial charge on any atom is 0.233 e. The molecule has 0 spiro atoms. The topological polar surface area (TPSA) is 32.0 Å². The van der Waals surface area contributed by atoms with Crippen molar-refractivity contribution in [3.63, 3.8) is 0 Å². The van der Waals surface area contributed by atoms with Gasteiger partial charge in [-0.15, -0.1) is 0 Å². The van der Waals surface area contributed by atoms with Gasteiger partial charge in [-0.2, -0.15) is 4.57 Å². The Kier molecular flexibility index (Phi) is 9.11. The van der Waals surface area contributed by atoms with Crippen molar-refractivity contribution in [2.45, 2.75) is 97.4 Å². The smallest absolute Gasteiger partial charge is 0.233 e. The van der Waals surface area contributed by atoms with Gasteiger partial charge in [-0.1, -0.05) is 95.9 Å². The summed E-state index contributed by atoms with van der Waals surface area (Å²) in [5.41, 5.74) is 9.53. The number of benzene rings is 3. The van der Waals surface area contributed by atoms with Gasteiger partial charge in [0, 0.05) is 25.1 Å². The number of nitrogens with one attached hydrogen (secondary N) is 1. The first-order chi connectivity index (χ1) is 18.8. The monoisotopic (exact) mass is 509 g/mol. The lowest BCUT2D eigenvalue weighted by Gasteiger charge is -2.34. The summed E-state index contributed by atoms with van der Waals surface area (Å²) in [7, 11) is 0. The van der Waals surface area contributed by atoms with Crippen molar-refractivity contribution < 1.29 is 4.57 Å². The lowest BCUT2D eigenvalue weighted by Crippen LogP contribution is -2.36. The minimum atomic E-state index is 1.03. The third-order valence-electron chi connectivity index (χ3n) is 8.02. The van der Waals surface area contributed by atoms with Gasteiger partial charge in [0.1, 0.15) is 17.6 Å². The zero-order chi connectivity index (χ0) is 26.2. The highest BCUT2D eigenvalue weighted by Crippen LogP contribution is 2.44. The molecule has 0 saturated carbocycles. The molecule has 0 amide bonds. The summed E-state index contributed by atoms with van der Waals surface area (Å²) in [5, 5.41) is 3.73. The highest BCUT2D eigenvalue weighted by molar-refractivity contribution is 5.97. The molecule has 0 radical (unpaired) electrons. The molecule has 2 heterocycles. The van der Waals surface area contributed by atoms with Gasteiger partial charge in [0.15, 0.2) is 0 Å². The lowest BCUT2D eigenvalue weighted by molar-refractivity contribution is -0.646. The molecule has 0 saturated heterocycles. The van der Waals surface area contributed by atoms with Crippen LogP contribution in [0, 0.1) is 0 Å². The van der Waals surface area contributed by atoms with Crippen LogP contribution in [-0.4, -0.2) is 11.5 Å². The van der Waals surface area contributed by atoms with Crippen LogP contribution in [-0.2, 0) is 6.54 Å². The molecule has 4 heteroatoms. The number of unbranched alkanes of at least 4 members (excludes halogenated alkanes) is 10. The van der Waals surface area contributed by atoms with E-state index in [-0.39, 0.29) is 0 Å². The van der Waals surface area contributed by atoms with Gasteiger partial charge in [-0.25, -0.2) is 4.98 Å². The van der Waals surface area contributed by atoms with E-state index in [1.54, 1.807) is 0 Å². The van der Waals surface area contributed by atoms with Crippen LogP contribution < -0.4 is 14.8 Å².